The van der Waals surface area contributed by atoms with Crippen molar-refractivity contribution >= 4 is 50.0 Å². The lowest BCUT2D eigenvalue weighted by molar-refractivity contribution is -0.140. The molecule has 0 bridgehead atoms. The van der Waals surface area contributed by atoms with Crippen LogP contribution in [0.2, 0.25) is 0 Å². The molecule has 1 atom stereocenters. The highest BCUT2D eigenvalue weighted by atomic mass is 32.1. The highest BCUT2D eigenvalue weighted by molar-refractivity contribution is 7.31. The van der Waals surface area contributed by atoms with E-state index in [4.69, 9.17) is 4.74 Å². The van der Waals surface area contributed by atoms with Crippen molar-refractivity contribution in [2.75, 3.05) is 5.32 Å². The Morgan fingerprint density at radius 1 is 1.05 bits per heavy atom. The second kappa shape index (κ2) is 9.38. The topological polar surface area (TPSA) is 106 Å². The second-order valence-corrected chi connectivity index (χ2v) is 11.6. The molecule has 1 amide bonds. The third-order valence-corrected chi connectivity index (χ3v) is 9.26. The van der Waals surface area contributed by atoms with Crippen molar-refractivity contribution < 1.29 is 19.4 Å². The Morgan fingerprint density at radius 2 is 1.76 bits per heavy atom. The predicted molar refractivity (Wildman–Crippen MR) is 149 cm³/mol. The number of aromatic nitrogens is 3. The Morgan fingerprint density at radius 3 is 2.42 bits per heavy atom. The van der Waals surface area contributed by atoms with E-state index in [2.05, 4.69) is 27.5 Å². The molecule has 0 spiro atoms. The van der Waals surface area contributed by atoms with Gasteiger partial charge in [-0.15, -0.1) is 22.7 Å². The Labute approximate surface area is 226 Å². The number of ether oxygens (including phenoxy) is 1. The maximum Gasteiger partial charge on any atom is 0.413 e. The normalized spacial score (nSPS) is 14.8. The minimum absolute atomic E-state index is 0.388. The summed E-state index contributed by atoms with van der Waals surface area (Å²) in [6.45, 7) is 1.84. The highest BCUT2D eigenvalue weighted by Crippen LogP contribution is 2.48. The van der Waals surface area contributed by atoms with E-state index in [9.17, 15) is 14.7 Å². The molecule has 1 aliphatic carbocycles. The quantitative estimate of drug-likeness (QED) is 0.232. The fourth-order valence-electron chi connectivity index (χ4n) is 4.48. The lowest BCUT2D eigenvalue weighted by Gasteiger charge is -2.14. The SMILES string of the molecule is C[C@@H](OC(=O)Nc1c(-c2cc3sc(-c4ccc(C5(C(=O)O)CC5)nc4)cc3s2)cnn1C)c1ccccc1. The van der Waals surface area contributed by atoms with E-state index in [1.165, 1.54) is 0 Å². The number of thiophene rings is 2. The summed E-state index contributed by atoms with van der Waals surface area (Å²) in [5.41, 5.74) is 2.53. The van der Waals surface area contributed by atoms with Crippen LogP contribution < -0.4 is 5.32 Å². The summed E-state index contributed by atoms with van der Waals surface area (Å²) >= 11 is 3.27. The molecule has 38 heavy (non-hydrogen) atoms. The van der Waals surface area contributed by atoms with Gasteiger partial charge in [-0.1, -0.05) is 36.4 Å². The largest absolute Gasteiger partial charge is 0.481 e. The van der Waals surface area contributed by atoms with Crippen LogP contribution in [0.15, 0.2) is 67.0 Å². The first-order valence-corrected chi connectivity index (χ1v) is 13.8. The number of carboxylic acid groups (broad SMARTS) is 1. The van der Waals surface area contributed by atoms with E-state index in [1.807, 2.05) is 49.4 Å². The van der Waals surface area contributed by atoms with E-state index < -0.39 is 17.5 Å². The summed E-state index contributed by atoms with van der Waals surface area (Å²) in [5, 5.41) is 16.7. The molecule has 4 heterocycles. The Hall–Kier alpha value is -4.02. The van der Waals surface area contributed by atoms with Gasteiger partial charge in [-0.3, -0.25) is 19.8 Å². The zero-order chi connectivity index (χ0) is 26.4. The molecule has 2 N–H and O–H groups in total. The number of carbonyl (C=O) groups is 2. The highest BCUT2D eigenvalue weighted by Gasteiger charge is 2.53. The number of amides is 1. The van der Waals surface area contributed by atoms with E-state index in [0.29, 0.717) is 24.4 Å². The lowest BCUT2D eigenvalue weighted by Crippen LogP contribution is -2.20. The standard InChI is InChI=1S/C28H24N4O4S2/c1-16(17-6-4-3-5-7-17)36-27(35)31-25-19(15-30-32(25)2)21-13-23-22(38-21)12-20(37-23)18-8-9-24(29-14-18)28(10-11-28)26(33)34/h3-9,12-16H,10-11H2,1-2H3,(H,31,35)(H,33,34)/t16-/m1/s1. The van der Waals surface area contributed by atoms with Crippen molar-refractivity contribution in [3.05, 3.63) is 78.2 Å². The van der Waals surface area contributed by atoms with Crippen molar-refractivity contribution in [2.45, 2.75) is 31.3 Å². The monoisotopic (exact) mass is 544 g/mol. The van der Waals surface area contributed by atoms with Crippen molar-refractivity contribution in [3.8, 4) is 20.9 Å². The van der Waals surface area contributed by atoms with E-state index >= 15 is 0 Å². The van der Waals surface area contributed by atoms with Gasteiger partial charge < -0.3 is 9.84 Å². The molecule has 5 aromatic rings. The van der Waals surface area contributed by atoms with Gasteiger partial charge in [0.1, 0.15) is 17.3 Å². The number of nitrogens with zero attached hydrogens (tertiary/aromatic N) is 3. The molecule has 4 aromatic heterocycles. The van der Waals surface area contributed by atoms with Gasteiger partial charge in [0.05, 0.1) is 17.5 Å². The first-order valence-electron chi connectivity index (χ1n) is 12.1. The molecule has 0 aliphatic heterocycles. The van der Waals surface area contributed by atoms with Gasteiger partial charge in [-0.2, -0.15) is 5.10 Å². The van der Waals surface area contributed by atoms with Gasteiger partial charge in [0, 0.05) is 38.0 Å². The Balaban J connectivity index is 1.20. The first-order chi connectivity index (χ1) is 18.3. The molecule has 8 nitrogen and oxygen atoms in total. The number of rotatable bonds is 7. The zero-order valence-corrected chi connectivity index (χ0v) is 22.3. The van der Waals surface area contributed by atoms with Gasteiger partial charge in [0.15, 0.2) is 0 Å². The number of hydrogen-bond acceptors (Lipinski definition) is 7. The van der Waals surface area contributed by atoms with Gasteiger partial charge >= 0.3 is 12.1 Å². The number of nitrogens with one attached hydrogen (secondary N) is 1. The van der Waals surface area contributed by atoms with Crippen LogP contribution in [0.4, 0.5) is 10.6 Å². The van der Waals surface area contributed by atoms with Crippen LogP contribution in [0, 0.1) is 0 Å². The van der Waals surface area contributed by atoms with Crippen LogP contribution in [0.1, 0.15) is 37.1 Å². The molecular weight excluding hydrogens is 520 g/mol. The number of anilines is 1. The zero-order valence-electron chi connectivity index (χ0n) is 20.7. The Kier molecular flexibility index (Phi) is 6.00. The molecule has 0 saturated heterocycles. The number of carbonyl (C=O) groups excluding carboxylic acids is 1. The number of aryl methyl sites for hydroxylation is 1. The summed E-state index contributed by atoms with van der Waals surface area (Å²) < 4.78 is 9.44. The first kappa shape index (κ1) is 24.3. The molecule has 0 unspecified atom stereocenters. The summed E-state index contributed by atoms with van der Waals surface area (Å²) in [6, 6.07) is 17.6. The third kappa shape index (κ3) is 4.35. The van der Waals surface area contributed by atoms with Crippen LogP contribution in [-0.4, -0.2) is 31.9 Å². The molecule has 1 fully saturated rings. The van der Waals surface area contributed by atoms with Crippen molar-refractivity contribution in [1.29, 1.82) is 0 Å². The fourth-order valence-corrected chi connectivity index (χ4v) is 6.88. The molecular formula is C28H24N4O4S2. The number of aliphatic carboxylic acids is 1. The van der Waals surface area contributed by atoms with Gasteiger partial charge in [0.25, 0.3) is 0 Å². The summed E-state index contributed by atoms with van der Waals surface area (Å²) in [7, 11) is 1.78. The van der Waals surface area contributed by atoms with Gasteiger partial charge in [0.2, 0.25) is 0 Å². The van der Waals surface area contributed by atoms with E-state index in [1.54, 1.807) is 46.8 Å². The molecule has 1 aromatic carbocycles. The second-order valence-electron chi connectivity index (χ2n) is 9.38. The maximum atomic E-state index is 12.7. The lowest BCUT2D eigenvalue weighted by atomic mass is 10.0. The molecule has 6 rings (SSSR count). The number of carboxylic acids is 1. The van der Waals surface area contributed by atoms with Crippen LogP contribution >= 0.6 is 22.7 Å². The smallest absolute Gasteiger partial charge is 0.413 e. The molecule has 0 radical (unpaired) electrons. The summed E-state index contributed by atoms with van der Waals surface area (Å²) in [5.74, 6) is -0.234. The fraction of sp³-hybridized carbons (Fsp3) is 0.214. The predicted octanol–water partition coefficient (Wildman–Crippen LogP) is 6.85. The number of benzene rings is 1. The van der Waals surface area contributed by atoms with E-state index in [0.717, 1.165) is 35.8 Å². The van der Waals surface area contributed by atoms with Crippen LogP contribution in [0.3, 0.4) is 0 Å². The minimum Gasteiger partial charge on any atom is -0.481 e. The van der Waals surface area contributed by atoms with Crippen LogP contribution in [-0.2, 0) is 22.0 Å². The molecule has 192 valence electrons. The average Bonchev–Trinajstić information content (AvgIpc) is 3.34. The number of pyridine rings is 1. The summed E-state index contributed by atoms with van der Waals surface area (Å²) in [4.78, 5) is 30.8. The Bertz CT molecular complexity index is 1620. The number of hydrogen-bond donors (Lipinski definition) is 2. The molecule has 10 heteroatoms. The van der Waals surface area contributed by atoms with Gasteiger partial charge in [-0.05, 0) is 43.5 Å². The van der Waals surface area contributed by atoms with Gasteiger partial charge in [-0.25, -0.2) is 4.79 Å². The molecule has 1 saturated carbocycles. The van der Waals surface area contributed by atoms with Crippen molar-refractivity contribution in [2.24, 2.45) is 7.05 Å². The summed E-state index contributed by atoms with van der Waals surface area (Å²) in [6.07, 6.45) is 3.85. The van der Waals surface area contributed by atoms with Crippen molar-refractivity contribution in [1.82, 2.24) is 14.8 Å². The van der Waals surface area contributed by atoms with E-state index in [-0.39, 0.29) is 6.10 Å². The van der Waals surface area contributed by atoms with Crippen LogP contribution in [0.5, 0.6) is 0 Å². The minimum atomic E-state index is -0.801. The average molecular weight is 545 g/mol. The number of fused-ring (bicyclic) bond motifs is 1. The van der Waals surface area contributed by atoms with Crippen LogP contribution in [0.25, 0.3) is 30.3 Å². The molecule has 1 aliphatic rings. The maximum absolute atomic E-state index is 12.7. The third-order valence-electron chi connectivity index (χ3n) is 6.88. The van der Waals surface area contributed by atoms with Crippen molar-refractivity contribution in [3.63, 3.8) is 0 Å².